The topological polar surface area (TPSA) is 53.6 Å². The number of benzene rings is 1. The Kier molecular flexibility index (Phi) is 4.81. The summed E-state index contributed by atoms with van der Waals surface area (Å²) in [5.74, 6) is 1.42. The van der Waals surface area contributed by atoms with Crippen molar-refractivity contribution in [1.82, 2.24) is 15.0 Å². The average molecular weight is 303 g/mol. The SMILES string of the molecule is CC(C)c1cccc2[nH]c(CNc3ccncc3)nc12.Cl. The molecule has 0 spiro atoms. The zero-order valence-electron chi connectivity index (χ0n) is 12.1. The van der Waals surface area contributed by atoms with Gasteiger partial charge in [-0.05, 0) is 29.7 Å². The van der Waals surface area contributed by atoms with E-state index < -0.39 is 0 Å². The van der Waals surface area contributed by atoms with Gasteiger partial charge in [-0.3, -0.25) is 4.98 Å². The molecule has 2 heterocycles. The average Bonchev–Trinajstić information content (AvgIpc) is 2.88. The number of nitrogens with zero attached hydrogens (tertiary/aromatic N) is 2. The van der Waals surface area contributed by atoms with Gasteiger partial charge in [-0.15, -0.1) is 12.4 Å². The largest absolute Gasteiger partial charge is 0.378 e. The summed E-state index contributed by atoms with van der Waals surface area (Å²) in [4.78, 5) is 12.1. The molecule has 1 aromatic carbocycles. The number of para-hydroxylation sites is 1. The number of imidazole rings is 1. The summed E-state index contributed by atoms with van der Waals surface area (Å²) in [6, 6.07) is 10.2. The molecule has 0 amide bonds. The van der Waals surface area contributed by atoms with Gasteiger partial charge in [0.25, 0.3) is 0 Å². The summed E-state index contributed by atoms with van der Waals surface area (Å²) in [7, 11) is 0. The Morgan fingerprint density at radius 2 is 1.90 bits per heavy atom. The normalized spacial score (nSPS) is 10.6. The number of rotatable bonds is 4. The van der Waals surface area contributed by atoms with Crippen molar-refractivity contribution in [3.05, 3.63) is 54.1 Å². The van der Waals surface area contributed by atoms with E-state index in [1.807, 2.05) is 12.1 Å². The maximum Gasteiger partial charge on any atom is 0.126 e. The van der Waals surface area contributed by atoms with Crippen LogP contribution in [0.15, 0.2) is 42.7 Å². The molecule has 0 atom stereocenters. The standard InChI is InChI=1S/C16H18N4.ClH/c1-11(2)13-4-3-5-14-16(13)20-15(19-14)10-18-12-6-8-17-9-7-12;/h3-9,11H,10H2,1-2H3,(H,17,18)(H,19,20);1H. The van der Waals surface area contributed by atoms with E-state index in [-0.39, 0.29) is 12.4 Å². The van der Waals surface area contributed by atoms with Gasteiger partial charge in [0, 0.05) is 18.1 Å². The van der Waals surface area contributed by atoms with Gasteiger partial charge < -0.3 is 10.3 Å². The number of aromatic amines is 1. The third kappa shape index (κ3) is 3.34. The van der Waals surface area contributed by atoms with Gasteiger partial charge in [0.05, 0.1) is 17.6 Å². The van der Waals surface area contributed by atoms with Crippen molar-refractivity contribution in [2.45, 2.75) is 26.3 Å². The van der Waals surface area contributed by atoms with Crippen molar-refractivity contribution in [1.29, 1.82) is 0 Å². The first-order chi connectivity index (χ1) is 9.74. The van der Waals surface area contributed by atoms with E-state index in [4.69, 9.17) is 4.98 Å². The molecule has 0 aliphatic carbocycles. The Morgan fingerprint density at radius 3 is 2.62 bits per heavy atom. The Balaban J connectivity index is 0.00000161. The molecule has 0 saturated heterocycles. The maximum absolute atomic E-state index is 4.72. The molecule has 5 heteroatoms. The molecule has 2 N–H and O–H groups in total. The van der Waals surface area contributed by atoms with Crippen LogP contribution in [0.25, 0.3) is 11.0 Å². The van der Waals surface area contributed by atoms with Crippen molar-refractivity contribution in [3.63, 3.8) is 0 Å². The Labute approximate surface area is 130 Å². The van der Waals surface area contributed by atoms with Crippen molar-refractivity contribution in [3.8, 4) is 0 Å². The van der Waals surface area contributed by atoms with Crippen molar-refractivity contribution in [2.75, 3.05) is 5.32 Å². The first-order valence-electron chi connectivity index (χ1n) is 6.85. The minimum Gasteiger partial charge on any atom is -0.378 e. The molecule has 0 fully saturated rings. The smallest absolute Gasteiger partial charge is 0.126 e. The first-order valence-corrected chi connectivity index (χ1v) is 6.85. The molecule has 0 bridgehead atoms. The summed E-state index contributed by atoms with van der Waals surface area (Å²) in [6.07, 6.45) is 3.55. The number of anilines is 1. The van der Waals surface area contributed by atoms with Gasteiger partial charge in [0.15, 0.2) is 0 Å². The molecule has 0 aliphatic rings. The second kappa shape index (κ2) is 6.59. The minimum atomic E-state index is 0. The van der Waals surface area contributed by atoms with Gasteiger partial charge in [0.1, 0.15) is 5.82 Å². The molecule has 0 saturated carbocycles. The van der Waals surface area contributed by atoms with Crippen LogP contribution in [0.4, 0.5) is 5.69 Å². The molecule has 4 nitrogen and oxygen atoms in total. The molecule has 3 rings (SSSR count). The van der Waals surface area contributed by atoms with E-state index >= 15 is 0 Å². The number of H-pyrrole nitrogens is 1. The summed E-state index contributed by atoms with van der Waals surface area (Å²) >= 11 is 0. The zero-order valence-corrected chi connectivity index (χ0v) is 12.9. The predicted molar refractivity (Wildman–Crippen MR) is 89.0 cm³/mol. The van der Waals surface area contributed by atoms with Crippen molar-refractivity contribution < 1.29 is 0 Å². The highest BCUT2D eigenvalue weighted by atomic mass is 35.5. The minimum absolute atomic E-state index is 0. The van der Waals surface area contributed by atoms with E-state index in [2.05, 4.69) is 47.3 Å². The number of aromatic nitrogens is 3. The van der Waals surface area contributed by atoms with Crippen LogP contribution in [0.2, 0.25) is 0 Å². The van der Waals surface area contributed by atoms with Crippen molar-refractivity contribution in [2.24, 2.45) is 0 Å². The lowest BCUT2D eigenvalue weighted by molar-refractivity contribution is 0.872. The molecular formula is C16H19ClN4. The number of hydrogen-bond donors (Lipinski definition) is 2. The van der Waals surface area contributed by atoms with Crippen LogP contribution < -0.4 is 5.32 Å². The van der Waals surface area contributed by atoms with Gasteiger partial charge in [-0.25, -0.2) is 4.98 Å². The Hall–Kier alpha value is -2.07. The van der Waals surface area contributed by atoms with E-state index in [1.165, 1.54) is 5.56 Å². The van der Waals surface area contributed by atoms with Gasteiger partial charge in [-0.1, -0.05) is 26.0 Å². The zero-order chi connectivity index (χ0) is 13.9. The molecule has 0 radical (unpaired) electrons. The molecular weight excluding hydrogens is 284 g/mol. The Bertz CT molecular complexity index is 707. The number of halogens is 1. The second-order valence-electron chi connectivity index (χ2n) is 5.17. The van der Waals surface area contributed by atoms with E-state index in [0.29, 0.717) is 12.5 Å². The first kappa shape index (κ1) is 15.3. The van der Waals surface area contributed by atoms with Gasteiger partial charge in [-0.2, -0.15) is 0 Å². The summed E-state index contributed by atoms with van der Waals surface area (Å²) in [6.45, 7) is 5.06. The van der Waals surface area contributed by atoms with Crippen LogP contribution in [0.3, 0.4) is 0 Å². The van der Waals surface area contributed by atoms with Crippen molar-refractivity contribution >= 4 is 29.1 Å². The third-order valence-corrected chi connectivity index (χ3v) is 3.36. The molecule has 0 aliphatic heterocycles. The third-order valence-electron chi connectivity index (χ3n) is 3.36. The molecule has 0 unspecified atom stereocenters. The van der Waals surface area contributed by atoms with E-state index in [1.54, 1.807) is 12.4 Å². The van der Waals surface area contributed by atoms with Gasteiger partial charge >= 0.3 is 0 Å². The number of nitrogens with one attached hydrogen (secondary N) is 2. The second-order valence-corrected chi connectivity index (χ2v) is 5.17. The fraction of sp³-hybridized carbons (Fsp3) is 0.250. The predicted octanol–water partition coefficient (Wildman–Crippen LogP) is 4.12. The monoisotopic (exact) mass is 302 g/mol. The summed E-state index contributed by atoms with van der Waals surface area (Å²) in [5, 5.41) is 3.34. The van der Waals surface area contributed by atoms with E-state index in [0.717, 1.165) is 22.5 Å². The fourth-order valence-corrected chi connectivity index (χ4v) is 2.31. The Morgan fingerprint density at radius 1 is 1.14 bits per heavy atom. The fourth-order valence-electron chi connectivity index (χ4n) is 2.31. The lowest BCUT2D eigenvalue weighted by atomic mass is 10.0. The van der Waals surface area contributed by atoms with Crippen LogP contribution in [0.1, 0.15) is 31.2 Å². The maximum atomic E-state index is 4.72. The number of hydrogen-bond acceptors (Lipinski definition) is 3. The summed E-state index contributed by atoms with van der Waals surface area (Å²) in [5.41, 5.74) is 4.51. The number of pyridine rings is 1. The summed E-state index contributed by atoms with van der Waals surface area (Å²) < 4.78 is 0. The molecule has 110 valence electrons. The highest BCUT2D eigenvalue weighted by Gasteiger charge is 2.09. The highest BCUT2D eigenvalue weighted by molar-refractivity contribution is 5.85. The van der Waals surface area contributed by atoms with E-state index in [9.17, 15) is 0 Å². The molecule has 3 aromatic rings. The highest BCUT2D eigenvalue weighted by Crippen LogP contribution is 2.23. The number of fused-ring (bicyclic) bond motifs is 1. The molecule has 2 aromatic heterocycles. The lowest BCUT2D eigenvalue weighted by Crippen LogP contribution is -2.00. The molecule has 21 heavy (non-hydrogen) atoms. The van der Waals surface area contributed by atoms with Crippen LogP contribution in [0, 0.1) is 0 Å². The quantitative estimate of drug-likeness (QED) is 0.762. The lowest BCUT2D eigenvalue weighted by Gasteiger charge is -2.04. The van der Waals surface area contributed by atoms with Gasteiger partial charge in [0.2, 0.25) is 0 Å². The van der Waals surface area contributed by atoms with Crippen LogP contribution in [-0.2, 0) is 6.54 Å². The van der Waals surface area contributed by atoms with Crippen LogP contribution >= 0.6 is 12.4 Å². The van der Waals surface area contributed by atoms with Crippen LogP contribution in [0.5, 0.6) is 0 Å². The van der Waals surface area contributed by atoms with Crippen LogP contribution in [-0.4, -0.2) is 15.0 Å².